The maximum Gasteiger partial charge on any atom is 0.104 e. The van der Waals surface area contributed by atoms with E-state index >= 15 is 0 Å². The number of hydrogen-bond acceptors (Lipinski definition) is 0. The minimum absolute atomic E-state index is 0.244. The predicted octanol–water partition coefficient (Wildman–Crippen LogP) is 6.75. The van der Waals surface area contributed by atoms with Gasteiger partial charge < -0.3 is 0 Å². The molecule has 0 nitrogen and oxygen atoms in total. The average molecular weight is 311 g/mol. The van der Waals surface area contributed by atoms with Gasteiger partial charge in [-0.05, 0) is 47.4 Å². The van der Waals surface area contributed by atoms with Crippen molar-refractivity contribution in [1.82, 2.24) is 0 Å². The molecule has 2 aromatic rings. The molecule has 23 heavy (non-hydrogen) atoms. The summed E-state index contributed by atoms with van der Waals surface area (Å²) in [4.78, 5) is 0. The van der Waals surface area contributed by atoms with Gasteiger partial charge in [-0.25, -0.2) is 4.39 Å². The summed E-state index contributed by atoms with van der Waals surface area (Å²) in [6.07, 6.45) is 4.62. The second kappa shape index (κ2) is 8.86. The number of alkyl halides is 1. The molecule has 2 aromatic carbocycles. The van der Waals surface area contributed by atoms with Crippen molar-refractivity contribution in [1.29, 1.82) is 0 Å². The molecule has 0 bridgehead atoms. The summed E-state index contributed by atoms with van der Waals surface area (Å²) in [6, 6.07) is 17.4. The van der Waals surface area contributed by atoms with Crippen LogP contribution in [0.5, 0.6) is 0 Å². The molecule has 2 rings (SSSR count). The van der Waals surface area contributed by atoms with E-state index in [2.05, 4.69) is 62.4 Å². The molecule has 0 aliphatic carbocycles. The van der Waals surface area contributed by atoms with Gasteiger partial charge in [0.25, 0.3) is 0 Å². The fourth-order valence-electron chi connectivity index (χ4n) is 2.98. The quantitative estimate of drug-likeness (QED) is 0.505. The molecule has 0 saturated carbocycles. The molecular weight excluding hydrogens is 283 g/mol. The van der Waals surface area contributed by atoms with E-state index in [0.717, 1.165) is 12.8 Å². The molecule has 0 fully saturated rings. The number of aryl methyl sites for hydroxylation is 1. The average Bonchev–Trinajstić information content (AvgIpc) is 2.56. The van der Waals surface area contributed by atoms with Gasteiger partial charge in [0.05, 0.1) is 0 Å². The van der Waals surface area contributed by atoms with Crippen molar-refractivity contribution in [3.8, 4) is 11.1 Å². The molecule has 123 valence electrons. The highest BCUT2D eigenvalue weighted by Gasteiger charge is 2.13. The first kappa shape index (κ1) is 17.7. The summed E-state index contributed by atoms with van der Waals surface area (Å²) < 4.78 is 13.7. The van der Waals surface area contributed by atoms with E-state index in [1.807, 2.05) is 6.92 Å². The van der Waals surface area contributed by atoms with Crippen molar-refractivity contribution < 1.29 is 4.39 Å². The normalized spacial score (nSPS) is 13.7. The van der Waals surface area contributed by atoms with Crippen LogP contribution in [-0.2, 0) is 6.42 Å². The van der Waals surface area contributed by atoms with Crippen LogP contribution in [0.1, 0.15) is 57.1 Å². The van der Waals surface area contributed by atoms with E-state index in [0.29, 0.717) is 6.42 Å². The lowest BCUT2D eigenvalue weighted by molar-refractivity contribution is 0.333. The Labute approximate surface area is 140 Å². The van der Waals surface area contributed by atoms with Gasteiger partial charge >= 0.3 is 0 Å². The zero-order valence-electron chi connectivity index (χ0n) is 14.6. The third-order valence-corrected chi connectivity index (χ3v) is 4.38. The first-order chi connectivity index (χ1) is 11.1. The standard InChI is InChI=1S/C22H28F/c1-4-6-18-8-10-20(11-9-18)21-14-12-19(13-15-21)17(3)16-22(23)7-5-2/h7-15,17,22H,4-6,16H2,1-3H3. The van der Waals surface area contributed by atoms with Crippen LogP contribution in [-0.4, -0.2) is 6.17 Å². The minimum atomic E-state index is -0.805. The summed E-state index contributed by atoms with van der Waals surface area (Å²) >= 11 is 0. The van der Waals surface area contributed by atoms with Crippen LogP contribution in [0.3, 0.4) is 0 Å². The molecular formula is C22H28F. The largest absolute Gasteiger partial charge is 0.247 e. The Morgan fingerprint density at radius 3 is 2.00 bits per heavy atom. The first-order valence-corrected chi connectivity index (χ1v) is 8.80. The Kier molecular flexibility index (Phi) is 6.83. The smallest absolute Gasteiger partial charge is 0.104 e. The number of rotatable bonds is 8. The zero-order chi connectivity index (χ0) is 16.7. The third kappa shape index (κ3) is 5.20. The fourth-order valence-corrected chi connectivity index (χ4v) is 2.98. The highest BCUT2D eigenvalue weighted by molar-refractivity contribution is 5.64. The lowest BCUT2D eigenvalue weighted by Crippen LogP contribution is -2.06. The van der Waals surface area contributed by atoms with Crippen LogP contribution in [0.25, 0.3) is 11.1 Å². The molecule has 0 saturated heterocycles. The van der Waals surface area contributed by atoms with Gasteiger partial charge in [0.15, 0.2) is 0 Å². The van der Waals surface area contributed by atoms with Crippen LogP contribution in [0.2, 0.25) is 0 Å². The minimum Gasteiger partial charge on any atom is -0.247 e. The first-order valence-electron chi connectivity index (χ1n) is 8.80. The van der Waals surface area contributed by atoms with Crippen molar-refractivity contribution in [2.75, 3.05) is 0 Å². The van der Waals surface area contributed by atoms with Gasteiger partial charge in [-0.1, -0.05) is 82.1 Å². The molecule has 2 atom stereocenters. The fraction of sp³-hybridized carbons (Fsp3) is 0.409. The van der Waals surface area contributed by atoms with E-state index in [9.17, 15) is 4.39 Å². The van der Waals surface area contributed by atoms with Gasteiger partial charge in [-0.15, -0.1) is 0 Å². The maximum atomic E-state index is 13.7. The van der Waals surface area contributed by atoms with Crippen molar-refractivity contribution in [2.24, 2.45) is 0 Å². The van der Waals surface area contributed by atoms with Crippen molar-refractivity contribution in [2.45, 2.75) is 58.5 Å². The summed E-state index contributed by atoms with van der Waals surface area (Å²) in [5.41, 5.74) is 5.07. The van der Waals surface area contributed by atoms with E-state index in [4.69, 9.17) is 0 Å². The predicted molar refractivity (Wildman–Crippen MR) is 98.4 cm³/mol. The molecule has 0 spiro atoms. The molecule has 1 radical (unpaired) electrons. The Bertz CT molecular complexity index is 568. The van der Waals surface area contributed by atoms with E-state index in [1.54, 1.807) is 6.42 Å². The Balaban J connectivity index is 2.03. The SMILES string of the molecule is CC[CH]C(F)CC(C)c1ccc(-c2ccc(CCC)cc2)cc1. The van der Waals surface area contributed by atoms with Gasteiger partial charge in [-0.3, -0.25) is 0 Å². The molecule has 0 N–H and O–H groups in total. The Morgan fingerprint density at radius 2 is 1.48 bits per heavy atom. The van der Waals surface area contributed by atoms with E-state index < -0.39 is 6.17 Å². The second-order valence-corrected chi connectivity index (χ2v) is 6.37. The molecule has 0 aromatic heterocycles. The Morgan fingerprint density at radius 1 is 0.913 bits per heavy atom. The topological polar surface area (TPSA) is 0 Å². The number of benzene rings is 2. The number of halogens is 1. The summed E-state index contributed by atoms with van der Waals surface area (Å²) in [5, 5.41) is 0. The molecule has 2 unspecified atom stereocenters. The van der Waals surface area contributed by atoms with Crippen molar-refractivity contribution in [3.63, 3.8) is 0 Å². The second-order valence-electron chi connectivity index (χ2n) is 6.37. The zero-order valence-corrected chi connectivity index (χ0v) is 14.6. The molecule has 0 amide bonds. The molecule has 0 aliphatic rings. The van der Waals surface area contributed by atoms with Crippen LogP contribution < -0.4 is 0 Å². The van der Waals surface area contributed by atoms with Crippen LogP contribution in [0.15, 0.2) is 48.5 Å². The van der Waals surface area contributed by atoms with Crippen molar-refractivity contribution in [3.05, 3.63) is 66.1 Å². The van der Waals surface area contributed by atoms with Crippen LogP contribution in [0.4, 0.5) is 4.39 Å². The van der Waals surface area contributed by atoms with Gasteiger partial charge in [0, 0.05) is 0 Å². The van der Waals surface area contributed by atoms with E-state index in [1.165, 1.54) is 28.7 Å². The highest BCUT2D eigenvalue weighted by Crippen LogP contribution is 2.27. The summed E-state index contributed by atoms with van der Waals surface area (Å²) in [7, 11) is 0. The third-order valence-electron chi connectivity index (χ3n) is 4.38. The molecule has 0 heterocycles. The monoisotopic (exact) mass is 311 g/mol. The van der Waals surface area contributed by atoms with Gasteiger partial charge in [0.1, 0.15) is 6.17 Å². The van der Waals surface area contributed by atoms with Gasteiger partial charge in [0.2, 0.25) is 0 Å². The van der Waals surface area contributed by atoms with Crippen LogP contribution in [0, 0.1) is 6.42 Å². The Hall–Kier alpha value is -1.63. The van der Waals surface area contributed by atoms with Gasteiger partial charge in [-0.2, -0.15) is 0 Å². The lowest BCUT2D eigenvalue weighted by atomic mass is 9.92. The highest BCUT2D eigenvalue weighted by atomic mass is 19.1. The maximum absolute atomic E-state index is 13.7. The number of hydrogen-bond donors (Lipinski definition) is 0. The molecule has 0 aliphatic heterocycles. The van der Waals surface area contributed by atoms with Crippen molar-refractivity contribution >= 4 is 0 Å². The summed E-state index contributed by atoms with van der Waals surface area (Å²) in [5.74, 6) is 0.244. The molecule has 1 heteroatoms. The summed E-state index contributed by atoms with van der Waals surface area (Å²) in [6.45, 7) is 6.29. The van der Waals surface area contributed by atoms with Crippen LogP contribution >= 0.6 is 0 Å². The lowest BCUT2D eigenvalue weighted by Gasteiger charge is -2.15. The van der Waals surface area contributed by atoms with E-state index in [-0.39, 0.29) is 5.92 Å².